The van der Waals surface area contributed by atoms with E-state index in [0.717, 1.165) is 6.07 Å². The first kappa shape index (κ1) is 21.5. The van der Waals surface area contributed by atoms with Crippen molar-refractivity contribution in [3.8, 4) is 0 Å². The number of carbonyl (C=O) groups is 1. The number of ether oxygens (including phenoxy) is 1. The summed E-state index contributed by atoms with van der Waals surface area (Å²) in [6.45, 7) is 3.40. The van der Waals surface area contributed by atoms with Gasteiger partial charge in [-0.3, -0.25) is 4.79 Å². The lowest BCUT2D eigenvalue weighted by Crippen LogP contribution is -2.14. The zero-order valence-electron chi connectivity index (χ0n) is 15.4. The number of benzene rings is 2. The smallest absolute Gasteiger partial charge is 0.416 e. The molecule has 29 heavy (non-hydrogen) atoms. The molecule has 3 nitrogen and oxygen atoms in total. The van der Waals surface area contributed by atoms with Crippen molar-refractivity contribution in [2.24, 2.45) is 0 Å². The molecule has 0 saturated carbocycles. The predicted octanol–water partition coefficient (Wildman–Crippen LogP) is 6.54. The van der Waals surface area contributed by atoms with Crippen molar-refractivity contribution < 1.29 is 27.1 Å². The van der Waals surface area contributed by atoms with Crippen LogP contribution in [-0.4, -0.2) is 17.6 Å². The fourth-order valence-corrected chi connectivity index (χ4v) is 4.20. The molecule has 0 radical (unpaired) electrons. The molecule has 1 N–H and O–H groups in total. The summed E-state index contributed by atoms with van der Waals surface area (Å²) < 4.78 is 59.0. The Labute approximate surface area is 173 Å². The van der Waals surface area contributed by atoms with Gasteiger partial charge in [-0.15, -0.1) is 0 Å². The van der Waals surface area contributed by atoms with Crippen LogP contribution in [0.4, 0.5) is 17.6 Å². The van der Waals surface area contributed by atoms with E-state index in [1.807, 2.05) is 0 Å². The number of halogens is 5. The second kappa shape index (κ2) is 8.28. The second-order valence-electron chi connectivity index (χ2n) is 6.26. The summed E-state index contributed by atoms with van der Waals surface area (Å²) in [7, 11) is 0. The number of nitrogens with one attached hydrogen (secondary N) is 1. The molecule has 2 aromatic carbocycles. The van der Waals surface area contributed by atoms with Crippen molar-refractivity contribution in [3.63, 3.8) is 0 Å². The van der Waals surface area contributed by atoms with Crippen LogP contribution in [0.5, 0.6) is 0 Å². The number of aryl methyl sites for hydroxylation is 1. The largest absolute Gasteiger partial charge is 0.466 e. The topological polar surface area (TPSA) is 42.1 Å². The monoisotopic (exact) mass is 445 g/mol. The average molecular weight is 446 g/mol. The van der Waals surface area contributed by atoms with Gasteiger partial charge in [-0.2, -0.15) is 13.2 Å². The van der Waals surface area contributed by atoms with Gasteiger partial charge in [0.1, 0.15) is 0 Å². The van der Waals surface area contributed by atoms with E-state index in [9.17, 15) is 22.4 Å². The van der Waals surface area contributed by atoms with Gasteiger partial charge >= 0.3 is 12.1 Å². The molecule has 0 aliphatic rings. The van der Waals surface area contributed by atoms with E-state index < -0.39 is 29.9 Å². The number of H-pyrrole nitrogens is 1. The molecule has 1 heterocycles. The Morgan fingerprint density at radius 2 is 1.97 bits per heavy atom. The summed E-state index contributed by atoms with van der Waals surface area (Å²) in [5.74, 6) is -1.32. The summed E-state index contributed by atoms with van der Waals surface area (Å²) >= 11 is 6.99. The van der Waals surface area contributed by atoms with Gasteiger partial charge in [0.15, 0.2) is 5.82 Å². The maximum Gasteiger partial charge on any atom is 0.416 e. The van der Waals surface area contributed by atoms with Crippen molar-refractivity contribution >= 4 is 40.2 Å². The minimum atomic E-state index is -4.60. The maximum atomic E-state index is 14.2. The molecule has 1 aromatic heterocycles. The van der Waals surface area contributed by atoms with Gasteiger partial charge in [-0.1, -0.05) is 23.4 Å². The Bertz CT molecular complexity index is 1080. The van der Waals surface area contributed by atoms with E-state index in [0.29, 0.717) is 20.9 Å². The molecule has 0 saturated heterocycles. The Hall–Kier alpha value is -2.19. The molecule has 3 aromatic rings. The highest BCUT2D eigenvalue weighted by Crippen LogP contribution is 2.40. The van der Waals surface area contributed by atoms with Crippen molar-refractivity contribution in [1.29, 1.82) is 0 Å². The van der Waals surface area contributed by atoms with E-state index in [-0.39, 0.29) is 22.7 Å². The summed E-state index contributed by atoms with van der Waals surface area (Å²) in [5, 5.41) is 0.544. The highest BCUT2D eigenvalue weighted by molar-refractivity contribution is 7.99. The molecule has 0 bridgehead atoms. The minimum Gasteiger partial charge on any atom is -0.466 e. The first-order chi connectivity index (χ1) is 13.6. The van der Waals surface area contributed by atoms with Crippen LogP contribution in [0.1, 0.15) is 23.7 Å². The van der Waals surface area contributed by atoms with Crippen LogP contribution in [0.3, 0.4) is 0 Å². The normalized spacial score (nSPS) is 11.8. The maximum absolute atomic E-state index is 14.2. The number of hydrogen-bond acceptors (Lipinski definition) is 3. The van der Waals surface area contributed by atoms with Crippen LogP contribution in [0.15, 0.2) is 40.1 Å². The van der Waals surface area contributed by atoms with Gasteiger partial charge in [0.25, 0.3) is 0 Å². The number of aromatic nitrogens is 1. The highest BCUT2D eigenvalue weighted by atomic mass is 35.5. The number of hydrogen-bond donors (Lipinski definition) is 1. The molecule has 0 aliphatic carbocycles. The van der Waals surface area contributed by atoms with Crippen LogP contribution in [0, 0.1) is 12.7 Å². The Balaban J connectivity index is 2.02. The number of aromatic amines is 1. The first-order valence-electron chi connectivity index (χ1n) is 8.61. The second-order valence-corrected chi connectivity index (χ2v) is 7.75. The fraction of sp³-hybridized carbons (Fsp3) is 0.250. The molecule has 0 spiro atoms. The Morgan fingerprint density at radius 3 is 2.62 bits per heavy atom. The molecular weight excluding hydrogens is 430 g/mol. The lowest BCUT2D eigenvalue weighted by Gasteiger charge is -2.14. The predicted molar refractivity (Wildman–Crippen MR) is 104 cm³/mol. The SMILES string of the molecule is CCOC(=O)Cc1cc(Sc2c(C)[nH]c3c(F)c(Cl)ccc23)ccc1C(F)(F)F. The number of rotatable bonds is 5. The fourth-order valence-electron chi connectivity index (χ4n) is 2.98. The lowest BCUT2D eigenvalue weighted by atomic mass is 10.0. The van der Waals surface area contributed by atoms with Gasteiger partial charge < -0.3 is 9.72 Å². The van der Waals surface area contributed by atoms with Crippen LogP contribution >= 0.6 is 23.4 Å². The standard InChI is InChI=1S/C20H16ClF4NO2S/c1-3-28-16(27)9-11-8-12(4-6-14(11)20(23,24)25)29-19-10(2)26-18-13(19)5-7-15(21)17(18)22/h4-8,26H,3,9H2,1-2H3. The molecule has 0 fully saturated rings. The van der Waals surface area contributed by atoms with Crippen molar-refractivity contribution in [1.82, 2.24) is 4.98 Å². The number of fused-ring (bicyclic) bond motifs is 1. The van der Waals surface area contributed by atoms with E-state index in [4.69, 9.17) is 16.3 Å². The zero-order chi connectivity index (χ0) is 21.3. The summed E-state index contributed by atoms with van der Waals surface area (Å²) in [5.41, 5.74) is -0.176. The van der Waals surface area contributed by atoms with E-state index >= 15 is 0 Å². The van der Waals surface area contributed by atoms with Gasteiger partial charge in [-0.25, -0.2) is 4.39 Å². The molecule has 3 rings (SSSR count). The van der Waals surface area contributed by atoms with E-state index in [2.05, 4.69) is 4.98 Å². The third-order valence-electron chi connectivity index (χ3n) is 4.23. The molecular formula is C20H16ClF4NO2S. The lowest BCUT2D eigenvalue weighted by molar-refractivity contribution is -0.143. The van der Waals surface area contributed by atoms with Gasteiger partial charge in [0.05, 0.1) is 29.1 Å². The molecule has 0 unspecified atom stereocenters. The molecule has 9 heteroatoms. The molecule has 0 aliphatic heterocycles. The Morgan fingerprint density at radius 1 is 1.24 bits per heavy atom. The third-order valence-corrected chi connectivity index (χ3v) is 5.75. The van der Waals surface area contributed by atoms with Gasteiger partial charge in [0, 0.05) is 20.9 Å². The first-order valence-corrected chi connectivity index (χ1v) is 9.81. The van der Waals surface area contributed by atoms with Crippen LogP contribution < -0.4 is 0 Å². The van der Waals surface area contributed by atoms with Crippen molar-refractivity contribution in [2.75, 3.05) is 6.61 Å². The quantitative estimate of drug-likeness (QED) is 0.358. The average Bonchev–Trinajstić information content (AvgIpc) is 2.94. The molecule has 0 amide bonds. The number of alkyl halides is 3. The van der Waals surface area contributed by atoms with Gasteiger partial charge in [0.2, 0.25) is 0 Å². The Kier molecular flexibility index (Phi) is 6.14. The third kappa shape index (κ3) is 4.53. The zero-order valence-corrected chi connectivity index (χ0v) is 17.0. The van der Waals surface area contributed by atoms with Crippen molar-refractivity contribution in [2.45, 2.75) is 36.2 Å². The van der Waals surface area contributed by atoms with E-state index in [1.54, 1.807) is 19.9 Å². The molecule has 154 valence electrons. The van der Waals surface area contributed by atoms with Crippen LogP contribution in [0.25, 0.3) is 10.9 Å². The van der Waals surface area contributed by atoms with Crippen LogP contribution in [0.2, 0.25) is 5.02 Å². The molecule has 0 atom stereocenters. The number of esters is 1. The summed E-state index contributed by atoms with van der Waals surface area (Å²) in [4.78, 5) is 15.8. The minimum absolute atomic E-state index is 0.0263. The summed E-state index contributed by atoms with van der Waals surface area (Å²) in [6.07, 6.45) is -5.09. The summed E-state index contributed by atoms with van der Waals surface area (Å²) in [6, 6.07) is 6.66. The van der Waals surface area contributed by atoms with Crippen LogP contribution in [-0.2, 0) is 22.1 Å². The number of carbonyl (C=O) groups excluding carboxylic acids is 1. The highest BCUT2D eigenvalue weighted by Gasteiger charge is 2.34. The van der Waals surface area contributed by atoms with E-state index in [1.165, 1.54) is 30.0 Å². The van der Waals surface area contributed by atoms with Crippen molar-refractivity contribution in [3.05, 3.63) is 58.0 Å². The van der Waals surface area contributed by atoms with Gasteiger partial charge in [-0.05, 0) is 49.7 Å².